The molecule has 2 heterocycles. The fourth-order valence-electron chi connectivity index (χ4n) is 2.35. The van der Waals surface area contributed by atoms with Crippen LogP contribution in [0.1, 0.15) is 19.3 Å². The lowest BCUT2D eigenvalue weighted by molar-refractivity contribution is 0.169. The number of thioether (sulfide) groups is 1. The van der Waals surface area contributed by atoms with Gasteiger partial charge in [0.25, 0.3) is 0 Å². The van der Waals surface area contributed by atoms with Gasteiger partial charge in [-0.3, -0.25) is 0 Å². The molecule has 2 fully saturated rings. The third-order valence-corrected chi connectivity index (χ3v) is 4.99. The molecule has 2 amide bonds. The lowest BCUT2D eigenvalue weighted by Crippen LogP contribution is -2.50. The molecule has 2 saturated heterocycles. The number of nitrogens with zero attached hydrogens (tertiary/aromatic N) is 2. The van der Waals surface area contributed by atoms with Gasteiger partial charge in [-0.25, -0.2) is 4.79 Å². The molecule has 0 radical (unpaired) electrons. The van der Waals surface area contributed by atoms with Crippen molar-refractivity contribution in [1.29, 1.82) is 5.26 Å². The second kappa shape index (κ2) is 5.81. The Balaban J connectivity index is 1.82. The predicted molar refractivity (Wildman–Crippen MR) is 70.4 cm³/mol. The first-order valence-electron chi connectivity index (χ1n) is 6.29. The fourth-order valence-corrected chi connectivity index (χ4v) is 3.03. The number of carbonyl (C=O) groups excluding carboxylic acids is 1. The van der Waals surface area contributed by atoms with Crippen LogP contribution in [0, 0.1) is 11.3 Å². The average Bonchev–Trinajstić information content (AvgIpc) is 2.91. The molecule has 0 aromatic heterocycles. The second-order valence-electron chi connectivity index (χ2n) is 4.81. The standard InChI is InChI=1S/C12H19N3O2S/c1-18-12(9-13)3-5-15(6-4-12)11(16)14-10-2-7-17-8-10/h10H,2-8H2,1H3,(H,14,16). The molecule has 5 nitrogen and oxygen atoms in total. The number of ether oxygens (including phenoxy) is 1. The van der Waals surface area contributed by atoms with Crippen molar-refractivity contribution >= 4 is 17.8 Å². The first-order valence-corrected chi connectivity index (χ1v) is 7.51. The summed E-state index contributed by atoms with van der Waals surface area (Å²) in [5, 5.41) is 12.2. The van der Waals surface area contributed by atoms with Gasteiger partial charge >= 0.3 is 6.03 Å². The lowest BCUT2D eigenvalue weighted by atomic mass is 9.97. The number of nitrogens with one attached hydrogen (secondary N) is 1. The number of urea groups is 1. The minimum atomic E-state index is -0.298. The van der Waals surface area contributed by atoms with E-state index in [1.54, 1.807) is 11.8 Å². The Labute approximate surface area is 112 Å². The van der Waals surface area contributed by atoms with Gasteiger partial charge in [-0.1, -0.05) is 0 Å². The van der Waals surface area contributed by atoms with Crippen molar-refractivity contribution < 1.29 is 9.53 Å². The molecule has 0 aromatic rings. The van der Waals surface area contributed by atoms with Crippen LogP contribution in [-0.2, 0) is 4.74 Å². The molecule has 1 unspecified atom stereocenters. The highest BCUT2D eigenvalue weighted by molar-refractivity contribution is 8.00. The zero-order valence-electron chi connectivity index (χ0n) is 10.6. The van der Waals surface area contributed by atoms with Gasteiger partial charge < -0.3 is 15.0 Å². The third-order valence-electron chi connectivity index (χ3n) is 3.71. The first kappa shape index (κ1) is 13.5. The third kappa shape index (κ3) is 2.90. The molecule has 2 aliphatic rings. The average molecular weight is 269 g/mol. The highest BCUT2D eigenvalue weighted by Crippen LogP contribution is 2.33. The van der Waals surface area contributed by atoms with Crippen LogP contribution < -0.4 is 5.32 Å². The van der Waals surface area contributed by atoms with Crippen molar-refractivity contribution in [3.05, 3.63) is 0 Å². The maximum absolute atomic E-state index is 12.0. The Hall–Kier alpha value is -0.930. The summed E-state index contributed by atoms with van der Waals surface area (Å²) in [6.07, 6.45) is 4.36. The number of nitriles is 1. The van der Waals surface area contributed by atoms with Crippen LogP contribution in [0.2, 0.25) is 0 Å². The van der Waals surface area contributed by atoms with Gasteiger partial charge in [0.2, 0.25) is 0 Å². The fraction of sp³-hybridized carbons (Fsp3) is 0.833. The molecule has 2 rings (SSSR count). The number of likely N-dealkylation sites (tertiary alicyclic amines) is 1. The monoisotopic (exact) mass is 269 g/mol. The van der Waals surface area contributed by atoms with E-state index in [1.807, 2.05) is 11.2 Å². The first-order chi connectivity index (χ1) is 8.69. The Morgan fingerprint density at radius 2 is 2.28 bits per heavy atom. The van der Waals surface area contributed by atoms with Gasteiger partial charge in [0.1, 0.15) is 4.75 Å². The number of hydrogen-bond acceptors (Lipinski definition) is 4. The van der Waals surface area contributed by atoms with Gasteiger partial charge in [0.15, 0.2) is 0 Å². The van der Waals surface area contributed by atoms with Crippen LogP contribution >= 0.6 is 11.8 Å². The maximum atomic E-state index is 12.0. The highest BCUT2D eigenvalue weighted by atomic mass is 32.2. The SMILES string of the molecule is CSC1(C#N)CCN(C(=O)NC2CCOC2)CC1. The van der Waals surface area contributed by atoms with E-state index < -0.39 is 0 Å². The molecule has 0 aliphatic carbocycles. The molecule has 0 bridgehead atoms. The quantitative estimate of drug-likeness (QED) is 0.818. The van der Waals surface area contributed by atoms with Crippen LogP contribution in [0.4, 0.5) is 4.79 Å². The van der Waals surface area contributed by atoms with Crippen molar-refractivity contribution in [3.8, 4) is 6.07 Å². The molecule has 1 atom stereocenters. The van der Waals surface area contributed by atoms with Crippen LogP contribution in [0.25, 0.3) is 0 Å². The minimum absolute atomic E-state index is 0.0156. The van der Waals surface area contributed by atoms with E-state index in [0.29, 0.717) is 19.7 Å². The van der Waals surface area contributed by atoms with Gasteiger partial charge in [0.05, 0.1) is 18.7 Å². The Bertz CT molecular complexity index is 342. The van der Waals surface area contributed by atoms with E-state index >= 15 is 0 Å². The van der Waals surface area contributed by atoms with E-state index in [9.17, 15) is 10.1 Å². The number of rotatable bonds is 2. The predicted octanol–water partition coefficient (Wildman–Crippen LogP) is 1.21. The van der Waals surface area contributed by atoms with E-state index in [2.05, 4.69) is 11.4 Å². The van der Waals surface area contributed by atoms with Gasteiger partial charge in [-0.2, -0.15) is 5.26 Å². The van der Waals surface area contributed by atoms with Crippen LogP contribution in [-0.4, -0.2) is 54.3 Å². The topological polar surface area (TPSA) is 65.4 Å². The van der Waals surface area contributed by atoms with Crippen molar-refractivity contribution in [2.75, 3.05) is 32.6 Å². The Kier molecular flexibility index (Phi) is 4.36. The molecule has 1 N–H and O–H groups in total. The smallest absolute Gasteiger partial charge is 0.317 e. The number of piperidine rings is 1. The molecule has 2 aliphatic heterocycles. The van der Waals surface area contributed by atoms with Crippen molar-refractivity contribution in [2.24, 2.45) is 0 Å². The van der Waals surface area contributed by atoms with E-state index in [0.717, 1.165) is 25.9 Å². The summed E-state index contributed by atoms with van der Waals surface area (Å²) >= 11 is 1.60. The summed E-state index contributed by atoms with van der Waals surface area (Å²) in [7, 11) is 0. The summed E-state index contributed by atoms with van der Waals surface area (Å²) in [5.74, 6) is 0. The van der Waals surface area contributed by atoms with Crippen LogP contribution in [0.15, 0.2) is 0 Å². The summed E-state index contributed by atoms with van der Waals surface area (Å²) in [6, 6.07) is 2.52. The zero-order valence-corrected chi connectivity index (χ0v) is 11.5. The van der Waals surface area contributed by atoms with E-state index in [4.69, 9.17) is 4.74 Å². The molecule has 6 heteroatoms. The van der Waals surface area contributed by atoms with E-state index in [1.165, 1.54) is 0 Å². The lowest BCUT2D eigenvalue weighted by Gasteiger charge is -2.36. The molecule has 0 aromatic carbocycles. The second-order valence-corrected chi connectivity index (χ2v) is 6.00. The van der Waals surface area contributed by atoms with E-state index in [-0.39, 0.29) is 16.8 Å². The highest BCUT2D eigenvalue weighted by Gasteiger charge is 2.35. The normalized spacial score (nSPS) is 26.7. The minimum Gasteiger partial charge on any atom is -0.379 e. The summed E-state index contributed by atoms with van der Waals surface area (Å²) in [6.45, 7) is 2.67. The van der Waals surface area contributed by atoms with Crippen molar-refractivity contribution in [3.63, 3.8) is 0 Å². The summed E-state index contributed by atoms with van der Waals surface area (Å²) in [4.78, 5) is 13.8. The van der Waals surface area contributed by atoms with Crippen LogP contribution in [0.3, 0.4) is 0 Å². The summed E-state index contributed by atoms with van der Waals surface area (Å²) < 4.78 is 4.94. The van der Waals surface area contributed by atoms with Crippen LogP contribution in [0.5, 0.6) is 0 Å². The summed E-state index contributed by atoms with van der Waals surface area (Å²) in [5.41, 5.74) is 0. The Morgan fingerprint density at radius 1 is 1.56 bits per heavy atom. The van der Waals surface area contributed by atoms with Crippen molar-refractivity contribution in [2.45, 2.75) is 30.1 Å². The number of hydrogen-bond donors (Lipinski definition) is 1. The zero-order chi connectivity index (χ0) is 13.0. The molecular weight excluding hydrogens is 250 g/mol. The number of carbonyl (C=O) groups is 1. The molecule has 18 heavy (non-hydrogen) atoms. The molecule has 100 valence electrons. The van der Waals surface area contributed by atoms with Crippen molar-refractivity contribution in [1.82, 2.24) is 10.2 Å². The largest absolute Gasteiger partial charge is 0.379 e. The van der Waals surface area contributed by atoms with Gasteiger partial charge in [-0.05, 0) is 25.5 Å². The molecule has 0 spiro atoms. The molecule has 0 saturated carbocycles. The van der Waals surface area contributed by atoms with Gasteiger partial charge in [0, 0.05) is 19.7 Å². The van der Waals surface area contributed by atoms with Gasteiger partial charge in [-0.15, -0.1) is 11.8 Å². The maximum Gasteiger partial charge on any atom is 0.317 e. The number of amides is 2. The molecular formula is C12H19N3O2S. The Morgan fingerprint density at radius 3 is 2.78 bits per heavy atom.